The molecule has 0 bridgehead atoms. The van der Waals surface area contributed by atoms with Gasteiger partial charge >= 0.3 is 0 Å². The van der Waals surface area contributed by atoms with Crippen molar-refractivity contribution in [2.24, 2.45) is 5.10 Å². The number of hydrazone groups is 1. The monoisotopic (exact) mass is 324 g/mol. The van der Waals surface area contributed by atoms with Crippen molar-refractivity contribution in [3.8, 4) is 5.75 Å². The average Bonchev–Trinajstić information content (AvgIpc) is 2.61. The molecule has 0 aliphatic rings. The molecule has 0 saturated carbocycles. The van der Waals surface area contributed by atoms with Gasteiger partial charge < -0.3 is 4.74 Å². The Kier molecular flexibility index (Phi) is 4.71. The minimum absolute atomic E-state index is 0.230. The lowest BCUT2D eigenvalue weighted by Crippen LogP contribution is -2.24. The summed E-state index contributed by atoms with van der Waals surface area (Å²) >= 11 is 0. The van der Waals surface area contributed by atoms with E-state index < -0.39 is 5.91 Å². The first kappa shape index (κ1) is 15.5. The molecule has 3 rings (SSSR count). The van der Waals surface area contributed by atoms with Crippen molar-refractivity contribution in [1.29, 1.82) is 0 Å². The topological polar surface area (TPSA) is 76.5 Å². The zero-order valence-electron chi connectivity index (χ0n) is 12.5. The number of hydrogen-bond acceptors (Lipinski definition) is 5. The van der Waals surface area contributed by atoms with Gasteiger partial charge in [-0.1, -0.05) is 12.1 Å². The number of para-hydroxylation sites is 2. The molecule has 1 heterocycles. The highest BCUT2D eigenvalue weighted by atomic mass is 19.1. The Hall–Kier alpha value is -3.35. The molecule has 120 valence electrons. The number of ether oxygens (including phenoxy) is 1. The van der Waals surface area contributed by atoms with Crippen molar-refractivity contribution >= 4 is 23.2 Å². The minimum atomic E-state index is -0.440. The Labute approximate surface area is 137 Å². The number of carbonyl (C=O) groups excluding carboxylic acids is 1. The van der Waals surface area contributed by atoms with Crippen LogP contribution in [-0.2, 0) is 4.79 Å². The van der Waals surface area contributed by atoms with Crippen LogP contribution in [0.4, 0.5) is 4.39 Å². The summed E-state index contributed by atoms with van der Waals surface area (Å²) in [4.78, 5) is 20.2. The van der Waals surface area contributed by atoms with Crippen LogP contribution in [0.2, 0.25) is 0 Å². The first-order valence-corrected chi connectivity index (χ1v) is 7.13. The van der Waals surface area contributed by atoms with Gasteiger partial charge in [0, 0.05) is 0 Å². The molecule has 24 heavy (non-hydrogen) atoms. The molecule has 3 aromatic rings. The Morgan fingerprint density at radius 1 is 1.17 bits per heavy atom. The summed E-state index contributed by atoms with van der Waals surface area (Å²) in [5, 5.41) is 3.81. The van der Waals surface area contributed by atoms with E-state index in [1.54, 1.807) is 6.20 Å². The molecule has 1 aromatic heterocycles. The number of amides is 1. The van der Waals surface area contributed by atoms with E-state index in [1.165, 1.54) is 30.5 Å². The maximum atomic E-state index is 12.7. The molecule has 7 heteroatoms. The summed E-state index contributed by atoms with van der Waals surface area (Å²) < 4.78 is 17.9. The van der Waals surface area contributed by atoms with Crippen LogP contribution in [0.15, 0.2) is 59.8 Å². The fourth-order valence-corrected chi connectivity index (χ4v) is 1.92. The van der Waals surface area contributed by atoms with Gasteiger partial charge in [-0.2, -0.15) is 5.10 Å². The Morgan fingerprint density at radius 3 is 2.71 bits per heavy atom. The summed E-state index contributed by atoms with van der Waals surface area (Å²) in [6.45, 7) is -0.230. The second kappa shape index (κ2) is 7.28. The molecule has 2 aromatic carbocycles. The summed E-state index contributed by atoms with van der Waals surface area (Å²) in [7, 11) is 0. The molecule has 0 spiro atoms. The summed E-state index contributed by atoms with van der Waals surface area (Å²) in [5.74, 6) is -0.409. The molecule has 0 aliphatic carbocycles. The van der Waals surface area contributed by atoms with E-state index in [0.717, 1.165) is 11.0 Å². The second-order valence-electron chi connectivity index (χ2n) is 4.82. The third-order valence-corrected chi connectivity index (χ3v) is 3.04. The number of halogens is 1. The van der Waals surface area contributed by atoms with Crippen molar-refractivity contribution in [3.05, 3.63) is 66.2 Å². The quantitative estimate of drug-likeness (QED) is 0.577. The molecule has 1 N–H and O–H groups in total. The fraction of sp³-hybridized carbons (Fsp3) is 0.0588. The molecule has 0 aliphatic heterocycles. The fourth-order valence-electron chi connectivity index (χ4n) is 1.92. The Bertz CT molecular complexity index is 881. The van der Waals surface area contributed by atoms with Crippen LogP contribution in [0.1, 0.15) is 5.69 Å². The lowest BCUT2D eigenvalue weighted by molar-refractivity contribution is -0.123. The van der Waals surface area contributed by atoms with Gasteiger partial charge in [0.15, 0.2) is 6.61 Å². The lowest BCUT2D eigenvalue weighted by Gasteiger charge is -2.04. The van der Waals surface area contributed by atoms with Crippen molar-refractivity contribution in [3.63, 3.8) is 0 Å². The maximum Gasteiger partial charge on any atom is 0.277 e. The predicted molar refractivity (Wildman–Crippen MR) is 87.2 cm³/mol. The highest BCUT2D eigenvalue weighted by Gasteiger charge is 2.02. The van der Waals surface area contributed by atoms with Gasteiger partial charge in [0.1, 0.15) is 17.3 Å². The third-order valence-electron chi connectivity index (χ3n) is 3.04. The molecule has 6 nitrogen and oxygen atoms in total. The summed E-state index contributed by atoms with van der Waals surface area (Å²) in [6.07, 6.45) is 2.96. The average molecular weight is 324 g/mol. The van der Waals surface area contributed by atoms with Gasteiger partial charge in [-0.15, -0.1) is 0 Å². The van der Waals surface area contributed by atoms with Crippen LogP contribution in [0, 0.1) is 5.82 Å². The van der Waals surface area contributed by atoms with Gasteiger partial charge in [0.25, 0.3) is 5.91 Å². The predicted octanol–water partition coefficient (Wildman–Crippen LogP) is 2.30. The number of benzene rings is 2. The normalized spacial score (nSPS) is 10.9. The van der Waals surface area contributed by atoms with Gasteiger partial charge in [0.2, 0.25) is 0 Å². The Balaban J connectivity index is 1.52. The van der Waals surface area contributed by atoms with Gasteiger partial charge in [-0.25, -0.2) is 14.8 Å². The molecular weight excluding hydrogens is 311 g/mol. The number of aromatic nitrogens is 2. The largest absolute Gasteiger partial charge is 0.484 e. The molecule has 0 fully saturated rings. The lowest BCUT2D eigenvalue weighted by atomic mass is 10.3. The van der Waals surface area contributed by atoms with Crippen molar-refractivity contribution < 1.29 is 13.9 Å². The Morgan fingerprint density at radius 2 is 1.92 bits per heavy atom. The van der Waals surface area contributed by atoms with Crippen molar-refractivity contribution in [2.75, 3.05) is 6.61 Å². The first-order chi connectivity index (χ1) is 11.7. The van der Waals surface area contributed by atoms with Gasteiger partial charge in [-0.3, -0.25) is 9.78 Å². The van der Waals surface area contributed by atoms with E-state index in [1.807, 2.05) is 24.3 Å². The molecule has 0 unspecified atom stereocenters. The number of nitrogens with one attached hydrogen (secondary N) is 1. The van der Waals surface area contributed by atoms with E-state index in [0.29, 0.717) is 11.4 Å². The van der Waals surface area contributed by atoms with E-state index in [2.05, 4.69) is 20.5 Å². The highest BCUT2D eigenvalue weighted by molar-refractivity contribution is 5.84. The standard InChI is InChI=1S/C17H13FN4O2/c18-12-5-7-14(8-6-12)24-11-17(23)22-20-10-13-9-19-15-3-1-2-4-16(15)21-13/h1-10H,11H2,(H,22,23)/b20-10-. The van der Waals surface area contributed by atoms with Crippen molar-refractivity contribution in [1.82, 2.24) is 15.4 Å². The number of carbonyl (C=O) groups is 1. The second-order valence-corrected chi connectivity index (χ2v) is 4.82. The van der Waals surface area contributed by atoms with Crippen LogP contribution in [0.3, 0.4) is 0 Å². The zero-order valence-corrected chi connectivity index (χ0v) is 12.5. The van der Waals surface area contributed by atoms with Gasteiger partial charge in [-0.05, 0) is 36.4 Å². The SMILES string of the molecule is O=C(COc1ccc(F)cc1)N/N=C\c1cnc2ccccc2n1. The number of fused-ring (bicyclic) bond motifs is 1. The van der Waals surface area contributed by atoms with Crippen LogP contribution < -0.4 is 10.2 Å². The summed E-state index contributed by atoms with van der Waals surface area (Å²) in [5.41, 5.74) is 4.37. The van der Waals surface area contributed by atoms with E-state index in [-0.39, 0.29) is 12.4 Å². The molecule has 0 saturated heterocycles. The van der Waals surface area contributed by atoms with Crippen LogP contribution in [-0.4, -0.2) is 28.7 Å². The number of nitrogens with zero attached hydrogens (tertiary/aromatic N) is 3. The van der Waals surface area contributed by atoms with Crippen LogP contribution in [0.25, 0.3) is 11.0 Å². The smallest absolute Gasteiger partial charge is 0.277 e. The third kappa shape index (κ3) is 4.10. The van der Waals surface area contributed by atoms with E-state index >= 15 is 0 Å². The van der Waals surface area contributed by atoms with Gasteiger partial charge in [0.05, 0.1) is 23.4 Å². The maximum absolute atomic E-state index is 12.7. The van der Waals surface area contributed by atoms with Crippen molar-refractivity contribution in [2.45, 2.75) is 0 Å². The first-order valence-electron chi connectivity index (χ1n) is 7.13. The summed E-state index contributed by atoms with van der Waals surface area (Å²) in [6, 6.07) is 12.8. The molecule has 0 atom stereocenters. The highest BCUT2D eigenvalue weighted by Crippen LogP contribution is 2.10. The van der Waals surface area contributed by atoms with Crippen LogP contribution >= 0.6 is 0 Å². The number of hydrogen-bond donors (Lipinski definition) is 1. The number of rotatable bonds is 5. The van der Waals surface area contributed by atoms with E-state index in [4.69, 9.17) is 4.74 Å². The minimum Gasteiger partial charge on any atom is -0.484 e. The zero-order chi connectivity index (χ0) is 16.8. The van der Waals surface area contributed by atoms with Crippen LogP contribution in [0.5, 0.6) is 5.75 Å². The molecular formula is C17H13FN4O2. The molecule has 0 radical (unpaired) electrons. The van der Waals surface area contributed by atoms with E-state index in [9.17, 15) is 9.18 Å². The molecule has 1 amide bonds.